The van der Waals surface area contributed by atoms with E-state index in [4.69, 9.17) is 20.8 Å². The third-order valence-corrected chi connectivity index (χ3v) is 8.43. The molecule has 4 aromatic carbocycles. The molecule has 0 unspecified atom stereocenters. The van der Waals surface area contributed by atoms with E-state index in [-0.39, 0.29) is 12.6 Å². The summed E-state index contributed by atoms with van der Waals surface area (Å²) >= 11 is 7.81. The van der Waals surface area contributed by atoms with E-state index in [1.807, 2.05) is 91.2 Å². The van der Waals surface area contributed by atoms with Crippen LogP contribution in [0.3, 0.4) is 0 Å². The highest BCUT2D eigenvalue weighted by molar-refractivity contribution is 7.98. The number of aryl methyl sites for hydroxylation is 1. The van der Waals surface area contributed by atoms with Crippen molar-refractivity contribution in [3.8, 4) is 16.9 Å². The highest BCUT2D eigenvalue weighted by Crippen LogP contribution is 2.38. The summed E-state index contributed by atoms with van der Waals surface area (Å²) in [4.78, 5) is 21.4. The Morgan fingerprint density at radius 3 is 2.51 bits per heavy atom. The van der Waals surface area contributed by atoms with E-state index < -0.39 is 0 Å². The van der Waals surface area contributed by atoms with Crippen LogP contribution in [0.15, 0.2) is 107 Å². The molecule has 0 saturated carbocycles. The van der Waals surface area contributed by atoms with Crippen LogP contribution in [0.25, 0.3) is 33.0 Å². The van der Waals surface area contributed by atoms with Gasteiger partial charge in [-0.2, -0.15) is 0 Å². The summed E-state index contributed by atoms with van der Waals surface area (Å²) in [6, 6.07) is 29.2. The average molecular weight is 608 g/mol. The fourth-order valence-corrected chi connectivity index (χ4v) is 5.94. The second-order valence-electron chi connectivity index (χ2n) is 10.3. The van der Waals surface area contributed by atoms with Crippen molar-refractivity contribution in [2.24, 2.45) is 0 Å². The van der Waals surface area contributed by atoms with Crippen LogP contribution in [0.4, 0.5) is 10.5 Å². The van der Waals surface area contributed by atoms with Crippen LogP contribution >= 0.6 is 23.4 Å². The Balaban J connectivity index is 1.43. The molecule has 0 radical (unpaired) electrons. The van der Waals surface area contributed by atoms with Crippen LogP contribution in [0, 0.1) is 6.92 Å². The number of thioether (sulfide) groups is 1. The predicted octanol–water partition coefficient (Wildman–Crippen LogP) is 9.57. The Morgan fingerprint density at radius 2 is 1.77 bits per heavy atom. The smallest absolute Gasteiger partial charge is 0.322 e. The Bertz CT molecular complexity index is 1920. The number of methoxy groups -OCH3 is 1. The van der Waals surface area contributed by atoms with Crippen molar-refractivity contribution >= 4 is 57.0 Å². The van der Waals surface area contributed by atoms with Crippen molar-refractivity contribution in [1.29, 1.82) is 0 Å². The molecule has 1 N–H and O–H groups in total. The lowest BCUT2D eigenvalue weighted by molar-refractivity contribution is 0.202. The maximum Gasteiger partial charge on any atom is 0.322 e. The average Bonchev–Trinajstić information content (AvgIpc) is 3.38. The fourth-order valence-electron chi connectivity index (χ4n) is 5.25. The monoisotopic (exact) mass is 607 g/mol. The highest BCUT2D eigenvalue weighted by Gasteiger charge is 2.24. The number of nitrogens with zero attached hydrogens (tertiary/aromatic N) is 2. The number of pyridine rings is 1. The number of fused-ring (bicyclic) bond motifs is 2. The van der Waals surface area contributed by atoms with Gasteiger partial charge < -0.3 is 19.4 Å². The van der Waals surface area contributed by atoms with E-state index >= 15 is 0 Å². The summed E-state index contributed by atoms with van der Waals surface area (Å²) < 4.78 is 11.8. The zero-order valence-corrected chi connectivity index (χ0v) is 25.6. The van der Waals surface area contributed by atoms with E-state index in [2.05, 4.69) is 23.3 Å². The Labute approximate surface area is 259 Å². The molecule has 0 aliphatic rings. The quantitative estimate of drug-likeness (QED) is 0.174. The first-order valence-corrected chi connectivity index (χ1v) is 15.4. The van der Waals surface area contributed by atoms with Crippen molar-refractivity contribution in [1.82, 2.24) is 9.88 Å². The SMILES string of the molecule is COc1ccc(CN(Cc2oc3ccc(C)cc3c2-c2ccc(Cl)cc2)C(=O)Nc2c(SC)ccc3ncccc23)cc1. The number of furan rings is 1. The molecule has 0 atom stereocenters. The molecule has 0 fully saturated rings. The van der Waals surface area contributed by atoms with Crippen LogP contribution in [0.1, 0.15) is 16.9 Å². The summed E-state index contributed by atoms with van der Waals surface area (Å²) in [5, 5.41) is 5.75. The summed E-state index contributed by atoms with van der Waals surface area (Å²) in [5.74, 6) is 1.45. The third kappa shape index (κ3) is 6.05. The van der Waals surface area contributed by atoms with Gasteiger partial charge in [-0.05, 0) is 85.0 Å². The van der Waals surface area contributed by atoms with Gasteiger partial charge in [0.25, 0.3) is 0 Å². The van der Waals surface area contributed by atoms with E-state index in [0.29, 0.717) is 17.3 Å². The lowest BCUT2D eigenvalue weighted by atomic mass is 10.0. The van der Waals surface area contributed by atoms with Crippen molar-refractivity contribution in [2.75, 3.05) is 18.7 Å². The van der Waals surface area contributed by atoms with Gasteiger partial charge in [0.1, 0.15) is 17.1 Å². The van der Waals surface area contributed by atoms with E-state index in [9.17, 15) is 4.79 Å². The van der Waals surface area contributed by atoms with Gasteiger partial charge in [0.2, 0.25) is 0 Å². The summed E-state index contributed by atoms with van der Waals surface area (Å²) in [6.45, 7) is 2.65. The standard InChI is InChI=1S/C35H30ClN3O3S/c1-22-6-16-30-28(19-22)33(24-9-11-25(36)12-10-24)31(42-30)21-39(20-23-7-13-26(41-2)14-8-23)35(40)38-34-27-5-4-18-37-29(27)15-17-32(34)43-3/h4-19H,20-21H2,1-3H3,(H,38,40). The molecule has 0 saturated heterocycles. The molecule has 6 aromatic rings. The van der Waals surface area contributed by atoms with Crippen molar-refractivity contribution < 1.29 is 13.9 Å². The Hall–Kier alpha value is -4.46. The lowest BCUT2D eigenvalue weighted by Gasteiger charge is -2.24. The number of halogens is 1. The second-order valence-corrected chi connectivity index (χ2v) is 11.5. The largest absolute Gasteiger partial charge is 0.497 e. The van der Waals surface area contributed by atoms with E-state index in [1.54, 1.807) is 30.0 Å². The van der Waals surface area contributed by atoms with Gasteiger partial charge in [0, 0.05) is 39.0 Å². The molecule has 0 aliphatic heterocycles. The number of amides is 2. The number of rotatable bonds is 8. The molecule has 2 heterocycles. The summed E-state index contributed by atoms with van der Waals surface area (Å²) in [7, 11) is 1.64. The highest BCUT2D eigenvalue weighted by atomic mass is 35.5. The van der Waals surface area contributed by atoms with Gasteiger partial charge in [-0.1, -0.05) is 47.5 Å². The Morgan fingerprint density at radius 1 is 0.977 bits per heavy atom. The molecule has 6 nitrogen and oxygen atoms in total. The molecular weight excluding hydrogens is 578 g/mol. The van der Waals surface area contributed by atoms with Gasteiger partial charge in [-0.15, -0.1) is 11.8 Å². The van der Waals surface area contributed by atoms with Crippen molar-refractivity contribution in [3.63, 3.8) is 0 Å². The molecule has 6 rings (SSSR count). The number of carbonyl (C=O) groups is 1. The molecule has 2 aromatic heterocycles. The Kier molecular flexibility index (Phi) is 8.27. The first-order valence-electron chi connectivity index (χ1n) is 13.8. The minimum Gasteiger partial charge on any atom is -0.497 e. The van der Waals surface area contributed by atoms with Crippen LogP contribution < -0.4 is 10.1 Å². The molecule has 0 bridgehead atoms. The maximum atomic E-state index is 14.2. The number of hydrogen-bond donors (Lipinski definition) is 1. The molecular formula is C35H30ClN3O3S. The zero-order valence-electron chi connectivity index (χ0n) is 24.1. The molecule has 2 amide bonds. The van der Waals surface area contributed by atoms with E-state index in [1.165, 1.54) is 0 Å². The topological polar surface area (TPSA) is 67.6 Å². The lowest BCUT2D eigenvalue weighted by Crippen LogP contribution is -2.34. The summed E-state index contributed by atoms with van der Waals surface area (Å²) in [6.07, 6.45) is 3.75. The van der Waals surface area contributed by atoms with Crippen molar-refractivity contribution in [2.45, 2.75) is 24.9 Å². The normalized spacial score (nSPS) is 11.2. The third-order valence-electron chi connectivity index (χ3n) is 7.40. The minimum atomic E-state index is -0.249. The molecule has 8 heteroatoms. The molecule has 0 spiro atoms. The van der Waals surface area contributed by atoms with E-state index in [0.717, 1.165) is 60.5 Å². The summed E-state index contributed by atoms with van der Waals surface area (Å²) in [5.41, 5.74) is 6.31. The number of benzene rings is 4. The number of carbonyl (C=O) groups excluding carboxylic acids is 1. The number of aromatic nitrogens is 1. The zero-order chi connectivity index (χ0) is 29.9. The number of anilines is 1. The fraction of sp³-hybridized carbons (Fsp3) is 0.143. The van der Waals surface area contributed by atoms with Gasteiger partial charge >= 0.3 is 6.03 Å². The van der Waals surface area contributed by atoms with Crippen LogP contribution in [0.5, 0.6) is 5.75 Å². The van der Waals surface area contributed by atoms with Gasteiger partial charge in [0.15, 0.2) is 0 Å². The van der Waals surface area contributed by atoms with Gasteiger partial charge in [-0.25, -0.2) is 4.79 Å². The van der Waals surface area contributed by atoms with Crippen LogP contribution in [0.2, 0.25) is 5.02 Å². The van der Waals surface area contributed by atoms with Gasteiger partial charge in [-0.3, -0.25) is 4.98 Å². The molecule has 216 valence electrons. The first-order chi connectivity index (χ1) is 20.9. The van der Waals surface area contributed by atoms with Crippen molar-refractivity contribution in [3.05, 3.63) is 119 Å². The number of urea groups is 1. The number of nitrogens with one attached hydrogen (secondary N) is 1. The minimum absolute atomic E-state index is 0.237. The maximum absolute atomic E-state index is 14.2. The second kappa shape index (κ2) is 12.4. The van der Waals surface area contributed by atoms with Gasteiger partial charge in [0.05, 0.1) is 24.9 Å². The van der Waals surface area contributed by atoms with Crippen LogP contribution in [-0.4, -0.2) is 29.3 Å². The molecule has 43 heavy (non-hydrogen) atoms. The number of ether oxygens (including phenoxy) is 1. The predicted molar refractivity (Wildman–Crippen MR) is 176 cm³/mol. The first kappa shape index (κ1) is 28.6. The van der Waals surface area contributed by atoms with Crippen LogP contribution in [-0.2, 0) is 13.1 Å². The molecule has 0 aliphatic carbocycles. The number of hydrogen-bond acceptors (Lipinski definition) is 5.